The Morgan fingerprint density at radius 1 is 1.50 bits per heavy atom. The molecular weight excluding hydrogens is 178 g/mol. The van der Waals surface area contributed by atoms with Crippen LogP contribution >= 0.6 is 0 Å². The van der Waals surface area contributed by atoms with Crippen molar-refractivity contribution in [1.29, 1.82) is 0 Å². The Balaban J connectivity index is 2.07. The van der Waals surface area contributed by atoms with Crippen LogP contribution in [0.4, 0.5) is 0 Å². The summed E-state index contributed by atoms with van der Waals surface area (Å²) in [5.41, 5.74) is 0. The molecule has 0 fully saturated rings. The number of furan rings is 1. The molecule has 0 aliphatic rings. The second-order valence-electron chi connectivity index (χ2n) is 3.30. The normalized spacial score (nSPS) is 13.0. The Bertz CT molecular complexity index is 221. The Labute approximate surface area is 85.4 Å². The van der Waals surface area contributed by atoms with Crippen LogP contribution in [0, 0.1) is 0 Å². The van der Waals surface area contributed by atoms with E-state index in [1.807, 2.05) is 12.1 Å². The van der Waals surface area contributed by atoms with Gasteiger partial charge in [0.2, 0.25) is 0 Å². The van der Waals surface area contributed by atoms with E-state index in [2.05, 4.69) is 19.2 Å². The molecule has 0 saturated carbocycles. The van der Waals surface area contributed by atoms with Gasteiger partial charge in [0.05, 0.1) is 18.9 Å². The average Bonchev–Trinajstić information content (AvgIpc) is 2.70. The van der Waals surface area contributed by atoms with Crippen molar-refractivity contribution in [3.63, 3.8) is 0 Å². The Hall–Kier alpha value is -0.800. The molecule has 0 amide bonds. The Kier molecular flexibility index (Phi) is 5.33. The van der Waals surface area contributed by atoms with Crippen molar-refractivity contribution in [3.05, 3.63) is 24.2 Å². The quantitative estimate of drug-likeness (QED) is 0.681. The largest absolute Gasteiger partial charge is 0.468 e. The van der Waals surface area contributed by atoms with E-state index in [4.69, 9.17) is 9.15 Å². The van der Waals surface area contributed by atoms with Gasteiger partial charge in [-0.3, -0.25) is 0 Å². The van der Waals surface area contributed by atoms with Crippen molar-refractivity contribution >= 4 is 0 Å². The first kappa shape index (κ1) is 11.3. The third-order valence-electron chi connectivity index (χ3n) is 2.02. The SMILES string of the molecule is CCCOCCNC(C)c1ccco1. The number of hydrogen-bond donors (Lipinski definition) is 1. The molecule has 0 aliphatic carbocycles. The predicted octanol–water partition coefficient (Wildman–Crippen LogP) is 2.36. The van der Waals surface area contributed by atoms with Gasteiger partial charge in [0.15, 0.2) is 0 Å². The van der Waals surface area contributed by atoms with Crippen molar-refractivity contribution in [1.82, 2.24) is 5.32 Å². The second-order valence-corrected chi connectivity index (χ2v) is 3.30. The first-order valence-corrected chi connectivity index (χ1v) is 5.19. The highest BCUT2D eigenvalue weighted by molar-refractivity contribution is 5.02. The molecule has 0 saturated heterocycles. The molecule has 1 rings (SSSR count). The number of nitrogens with one attached hydrogen (secondary N) is 1. The summed E-state index contributed by atoms with van der Waals surface area (Å²) in [6.45, 7) is 6.66. The zero-order chi connectivity index (χ0) is 10.2. The fourth-order valence-corrected chi connectivity index (χ4v) is 1.23. The topological polar surface area (TPSA) is 34.4 Å². The minimum Gasteiger partial charge on any atom is -0.468 e. The van der Waals surface area contributed by atoms with Crippen LogP contribution in [-0.4, -0.2) is 19.8 Å². The molecule has 1 heterocycles. The molecule has 0 radical (unpaired) electrons. The van der Waals surface area contributed by atoms with Gasteiger partial charge in [-0.1, -0.05) is 6.92 Å². The van der Waals surface area contributed by atoms with E-state index in [9.17, 15) is 0 Å². The smallest absolute Gasteiger partial charge is 0.120 e. The highest BCUT2D eigenvalue weighted by Crippen LogP contribution is 2.11. The van der Waals surface area contributed by atoms with Gasteiger partial charge in [-0.2, -0.15) is 0 Å². The van der Waals surface area contributed by atoms with Crippen LogP contribution in [0.15, 0.2) is 22.8 Å². The molecule has 0 aromatic carbocycles. The van der Waals surface area contributed by atoms with Crippen molar-refractivity contribution in [2.45, 2.75) is 26.3 Å². The molecule has 80 valence electrons. The fraction of sp³-hybridized carbons (Fsp3) is 0.636. The molecular formula is C11H19NO2. The molecule has 1 aromatic heterocycles. The van der Waals surface area contributed by atoms with E-state index in [-0.39, 0.29) is 6.04 Å². The highest BCUT2D eigenvalue weighted by atomic mass is 16.5. The molecule has 1 atom stereocenters. The molecule has 1 aromatic rings. The monoisotopic (exact) mass is 197 g/mol. The second kappa shape index (κ2) is 6.62. The van der Waals surface area contributed by atoms with Gasteiger partial charge in [0.1, 0.15) is 5.76 Å². The maximum atomic E-state index is 5.36. The summed E-state index contributed by atoms with van der Waals surface area (Å²) in [4.78, 5) is 0. The Morgan fingerprint density at radius 3 is 3.00 bits per heavy atom. The van der Waals surface area contributed by atoms with Crippen LogP contribution in [0.25, 0.3) is 0 Å². The summed E-state index contributed by atoms with van der Waals surface area (Å²) in [6, 6.07) is 4.14. The van der Waals surface area contributed by atoms with Crippen molar-refractivity contribution in [2.24, 2.45) is 0 Å². The summed E-state index contributed by atoms with van der Waals surface area (Å²) in [5, 5.41) is 3.33. The van der Waals surface area contributed by atoms with Gasteiger partial charge < -0.3 is 14.5 Å². The lowest BCUT2D eigenvalue weighted by atomic mass is 10.2. The molecule has 0 bridgehead atoms. The van der Waals surface area contributed by atoms with Crippen molar-refractivity contribution < 1.29 is 9.15 Å². The van der Waals surface area contributed by atoms with Gasteiger partial charge in [-0.15, -0.1) is 0 Å². The maximum Gasteiger partial charge on any atom is 0.120 e. The zero-order valence-corrected chi connectivity index (χ0v) is 8.95. The minimum absolute atomic E-state index is 0.259. The van der Waals surface area contributed by atoms with Crippen LogP contribution in [0.1, 0.15) is 32.1 Å². The van der Waals surface area contributed by atoms with Gasteiger partial charge >= 0.3 is 0 Å². The number of rotatable bonds is 7. The Morgan fingerprint density at radius 2 is 2.36 bits per heavy atom. The molecule has 1 N–H and O–H groups in total. The molecule has 14 heavy (non-hydrogen) atoms. The third-order valence-corrected chi connectivity index (χ3v) is 2.02. The van der Waals surface area contributed by atoms with Crippen LogP contribution in [0.5, 0.6) is 0 Å². The standard InChI is InChI=1S/C11H19NO2/c1-3-7-13-9-6-12-10(2)11-5-4-8-14-11/h4-5,8,10,12H,3,6-7,9H2,1-2H3. The average molecular weight is 197 g/mol. The van der Waals surface area contributed by atoms with Crippen molar-refractivity contribution in [3.8, 4) is 0 Å². The summed E-state index contributed by atoms with van der Waals surface area (Å²) < 4.78 is 10.6. The maximum absolute atomic E-state index is 5.36. The molecule has 3 heteroatoms. The first-order valence-electron chi connectivity index (χ1n) is 5.19. The lowest BCUT2D eigenvalue weighted by Gasteiger charge is -2.10. The third kappa shape index (κ3) is 3.94. The van der Waals surface area contributed by atoms with Gasteiger partial charge in [-0.25, -0.2) is 0 Å². The van der Waals surface area contributed by atoms with Crippen LogP contribution in [0.2, 0.25) is 0 Å². The lowest BCUT2D eigenvalue weighted by Crippen LogP contribution is -2.23. The molecule has 3 nitrogen and oxygen atoms in total. The van der Waals surface area contributed by atoms with E-state index in [1.54, 1.807) is 6.26 Å². The van der Waals surface area contributed by atoms with E-state index in [0.717, 1.165) is 31.9 Å². The van der Waals surface area contributed by atoms with E-state index in [0.29, 0.717) is 0 Å². The van der Waals surface area contributed by atoms with E-state index < -0.39 is 0 Å². The summed E-state index contributed by atoms with van der Waals surface area (Å²) in [6.07, 6.45) is 2.77. The predicted molar refractivity (Wildman–Crippen MR) is 56.2 cm³/mol. The molecule has 0 spiro atoms. The van der Waals surface area contributed by atoms with Crippen molar-refractivity contribution in [2.75, 3.05) is 19.8 Å². The minimum atomic E-state index is 0.259. The highest BCUT2D eigenvalue weighted by Gasteiger charge is 2.05. The summed E-state index contributed by atoms with van der Waals surface area (Å²) >= 11 is 0. The van der Waals surface area contributed by atoms with E-state index >= 15 is 0 Å². The van der Waals surface area contributed by atoms with Gasteiger partial charge in [-0.05, 0) is 25.5 Å². The van der Waals surface area contributed by atoms with Crippen LogP contribution in [0.3, 0.4) is 0 Å². The van der Waals surface area contributed by atoms with Crippen LogP contribution in [-0.2, 0) is 4.74 Å². The summed E-state index contributed by atoms with van der Waals surface area (Å²) in [7, 11) is 0. The summed E-state index contributed by atoms with van der Waals surface area (Å²) in [5.74, 6) is 0.973. The molecule has 1 unspecified atom stereocenters. The van der Waals surface area contributed by atoms with Gasteiger partial charge in [0, 0.05) is 13.2 Å². The zero-order valence-electron chi connectivity index (χ0n) is 8.95. The van der Waals surface area contributed by atoms with E-state index in [1.165, 1.54) is 0 Å². The molecule has 0 aliphatic heterocycles. The first-order chi connectivity index (χ1) is 6.84. The number of hydrogen-bond acceptors (Lipinski definition) is 3. The lowest BCUT2D eigenvalue weighted by molar-refractivity contribution is 0.134. The van der Waals surface area contributed by atoms with Gasteiger partial charge in [0.25, 0.3) is 0 Å². The number of ether oxygens (including phenoxy) is 1. The van der Waals surface area contributed by atoms with Crippen LogP contribution < -0.4 is 5.32 Å². The fourth-order valence-electron chi connectivity index (χ4n) is 1.23.